The zero-order valence-electron chi connectivity index (χ0n) is 13.4. The molecule has 2 bridgehead atoms. The van der Waals surface area contributed by atoms with Crippen molar-refractivity contribution in [1.82, 2.24) is 4.90 Å². The number of hydrogen-bond acceptors (Lipinski definition) is 2. The van der Waals surface area contributed by atoms with Gasteiger partial charge < -0.3 is 0 Å². The van der Waals surface area contributed by atoms with Crippen LogP contribution in [0.25, 0.3) is 0 Å². The van der Waals surface area contributed by atoms with Crippen molar-refractivity contribution in [2.24, 2.45) is 23.2 Å². The van der Waals surface area contributed by atoms with Crippen molar-refractivity contribution in [2.75, 3.05) is 0 Å². The number of benzene rings is 1. The Morgan fingerprint density at radius 2 is 2.00 bits per heavy atom. The Kier molecular flexibility index (Phi) is 3.09. The summed E-state index contributed by atoms with van der Waals surface area (Å²) >= 11 is 0. The number of rotatable bonds is 4. The molecule has 2 amide bonds. The molecule has 1 aromatic carbocycles. The van der Waals surface area contributed by atoms with Crippen LogP contribution in [0.4, 0.5) is 0 Å². The van der Waals surface area contributed by atoms with Gasteiger partial charge in [-0.15, -0.1) is 6.58 Å². The summed E-state index contributed by atoms with van der Waals surface area (Å²) in [5.74, 6) is -0.101. The summed E-state index contributed by atoms with van der Waals surface area (Å²) in [7, 11) is 0. The van der Waals surface area contributed by atoms with Crippen molar-refractivity contribution >= 4 is 11.8 Å². The maximum absolute atomic E-state index is 13.0. The van der Waals surface area contributed by atoms with Crippen molar-refractivity contribution in [3.05, 3.63) is 60.2 Å². The lowest BCUT2D eigenvalue weighted by atomic mass is 9.71. The van der Waals surface area contributed by atoms with E-state index in [1.165, 1.54) is 4.90 Å². The molecule has 3 aliphatic rings. The molecule has 118 valence electrons. The first-order chi connectivity index (χ1) is 11.0. The molecule has 1 aliphatic heterocycles. The van der Waals surface area contributed by atoms with E-state index < -0.39 is 0 Å². The van der Waals surface area contributed by atoms with Gasteiger partial charge in [-0.2, -0.15) is 0 Å². The first-order valence-corrected chi connectivity index (χ1v) is 8.25. The van der Waals surface area contributed by atoms with E-state index in [0.717, 1.165) is 24.0 Å². The predicted molar refractivity (Wildman–Crippen MR) is 88.1 cm³/mol. The molecule has 2 aliphatic carbocycles. The van der Waals surface area contributed by atoms with Crippen LogP contribution >= 0.6 is 0 Å². The van der Waals surface area contributed by atoms with E-state index in [9.17, 15) is 9.59 Å². The van der Waals surface area contributed by atoms with Gasteiger partial charge in [0.05, 0.1) is 18.4 Å². The van der Waals surface area contributed by atoms with Gasteiger partial charge in [0.1, 0.15) is 0 Å². The highest BCUT2D eigenvalue weighted by molar-refractivity contribution is 6.06. The van der Waals surface area contributed by atoms with Gasteiger partial charge in [-0.05, 0) is 31.2 Å². The van der Waals surface area contributed by atoms with E-state index in [2.05, 4.69) is 18.7 Å². The van der Waals surface area contributed by atoms with Crippen molar-refractivity contribution in [1.29, 1.82) is 0 Å². The summed E-state index contributed by atoms with van der Waals surface area (Å²) in [6.45, 7) is 6.43. The molecular formula is C20H21NO2. The van der Waals surface area contributed by atoms with E-state index in [1.54, 1.807) is 0 Å². The fraction of sp³-hybridized carbons (Fsp3) is 0.400. The zero-order valence-corrected chi connectivity index (χ0v) is 13.4. The molecule has 3 nitrogen and oxygen atoms in total. The van der Waals surface area contributed by atoms with Crippen molar-refractivity contribution in [3.8, 4) is 0 Å². The minimum absolute atomic E-state index is 0.0111. The molecule has 1 saturated heterocycles. The SMILES string of the molecule is C=C(C)CC12C=CC(C1)C1C(=O)N(Cc3ccccc3)C(=O)C12. The summed E-state index contributed by atoms with van der Waals surface area (Å²) in [6.07, 6.45) is 6.07. The normalized spacial score (nSPS) is 34.3. The number of carbonyl (C=O) groups excluding carboxylic acids is 2. The summed E-state index contributed by atoms with van der Waals surface area (Å²) in [6, 6.07) is 9.75. The minimum Gasteiger partial charge on any atom is -0.278 e. The summed E-state index contributed by atoms with van der Waals surface area (Å²) < 4.78 is 0. The first kappa shape index (κ1) is 14.4. The molecule has 4 rings (SSSR count). The molecule has 0 aromatic heterocycles. The third-order valence-electron chi connectivity index (χ3n) is 5.63. The fourth-order valence-corrected chi connectivity index (χ4v) is 4.88. The summed E-state index contributed by atoms with van der Waals surface area (Å²) in [5, 5.41) is 0. The third kappa shape index (κ3) is 2.03. The van der Waals surface area contributed by atoms with E-state index in [1.807, 2.05) is 37.3 Å². The van der Waals surface area contributed by atoms with Crippen LogP contribution in [0.5, 0.6) is 0 Å². The molecule has 2 fully saturated rings. The van der Waals surface area contributed by atoms with Crippen LogP contribution in [0.2, 0.25) is 0 Å². The Morgan fingerprint density at radius 3 is 2.70 bits per heavy atom. The lowest BCUT2D eigenvalue weighted by Gasteiger charge is -2.30. The summed E-state index contributed by atoms with van der Waals surface area (Å²) in [4.78, 5) is 27.4. The molecule has 0 radical (unpaired) electrons. The van der Waals surface area contributed by atoms with Crippen LogP contribution in [0.15, 0.2) is 54.6 Å². The monoisotopic (exact) mass is 307 g/mol. The van der Waals surface area contributed by atoms with E-state index in [4.69, 9.17) is 0 Å². The Labute approximate surface area is 136 Å². The number of imide groups is 1. The highest BCUT2D eigenvalue weighted by Gasteiger charge is 2.65. The first-order valence-electron chi connectivity index (χ1n) is 8.25. The second-order valence-electron chi connectivity index (χ2n) is 7.35. The summed E-state index contributed by atoms with van der Waals surface area (Å²) in [5.41, 5.74) is 1.90. The average Bonchev–Trinajstić information content (AvgIpc) is 3.13. The van der Waals surface area contributed by atoms with Crippen LogP contribution in [0.1, 0.15) is 25.3 Å². The van der Waals surface area contributed by atoms with Crippen LogP contribution < -0.4 is 0 Å². The Balaban J connectivity index is 1.65. The lowest BCUT2D eigenvalue weighted by Crippen LogP contribution is -2.35. The molecule has 3 heteroatoms. The quantitative estimate of drug-likeness (QED) is 0.632. The average molecular weight is 307 g/mol. The molecule has 4 unspecified atom stereocenters. The van der Waals surface area contributed by atoms with Crippen molar-refractivity contribution in [3.63, 3.8) is 0 Å². The van der Waals surface area contributed by atoms with Gasteiger partial charge in [-0.1, -0.05) is 48.1 Å². The number of amides is 2. The van der Waals surface area contributed by atoms with E-state index >= 15 is 0 Å². The topological polar surface area (TPSA) is 37.4 Å². The van der Waals surface area contributed by atoms with E-state index in [0.29, 0.717) is 6.54 Å². The van der Waals surface area contributed by atoms with Crippen molar-refractivity contribution < 1.29 is 9.59 Å². The lowest BCUT2D eigenvalue weighted by molar-refractivity contribution is -0.141. The maximum atomic E-state index is 13.0. The molecule has 4 atom stereocenters. The third-order valence-corrected chi connectivity index (χ3v) is 5.63. The predicted octanol–water partition coefficient (Wildman–Crippen LogP) is 3.33. The number of fused-ring (bicyclic) bond motifs is 5. The Bertz CT molecular complexity index is 720. The largest absolute Gasteiger partial charge is 0.278 e. The van der Waals surface area contributed by atoms with Crippen molar-refractivity contribution in [2.45, 2.75) is 26.3 Å². The molecule has 0 N–H and O–H groups in total. The standard InChI is InChI=1S/C20H21NO2/c1-13(2)10-20-9-8-15(11-20)16-17(20)19(23)21(18(16)22)12-14-6-4-3-5-7-14/h3-9,15-17H,1,10-12H2,2H3. The van der Waals surface area contributed by atoms with Gasteiger partial charge in [-0.3, -0.25) is 14.5 Å². The number of allylic oxidation sites excluding steroid dienone is 3. The molecule has 0 spiro atoms. The van der Waals surface area contributed by atoms with Gasteiger partial charge >= 0.3 is 0 Å². The van der Waals surface area contributed by atoms with Crippen LogP contribution in [-0.4, -0.2) is 16.7 Å². The Morgan fingerprint density at radius 1 is 1.26 bits per heavy atom. The van der Waals surface area contributed by atoms with E-state index in [-0.39, 0.29) is 35.0 Å². The number of carbonyl (C=O) groups is 2. The smallest absolute Gasteiger partial charge is 0.234 e. The molecule has 23 heavy (non-hydrogen) atoms. The molecular weight excluding hydrogens is 286 g/mol. The Hall–Kier alpha value is -2.16. The van der Waals surface area contributed by atoms with Crippen LogP contribution in [0.3, 0.4) is 0 Å². The molecule has 1 heterocycles. The van der Waals surface area contributed by atoms with Crippen LogP contribution in [-0.2, 0) is 16.1 Å². The minimum atomic E-state index is -0.189. The highest BCUT2D eigenvalue weighted by atomic mass is 16.2. The second-order valence-corrected chi connectivity index (χ2v) is 7.35. The van der Waals surface area contributed by atoms with Gasteiger partial charge in [0.25, 0.3) is 0 Å². The molecule has 1 aromatic rings. The van der Waals surface area contributed by atoms with Gasteiger partial charge in [-0.25, -0.2) is 0 Å². The number of hydrogen-bond donors (Lipinski definition) is 0. The zero-order chi connectivity index (χ0) is 16.2. The van der Waals surface area contributed by atoms with Gasteiger partial charge in [0.15, 0.2) is 0 Å². The van der Waals surface area contributed by atoms with Gasteiger partial charge in [0, 0.05) is 5.41 Å². The second kappa shape index (κ2) is 4.92. The molecule has 1 saturated carbocycles. The fourth-order valence-electron chi connectivity index (χ4n) is 4.88. The highest BCUT2D eigenvalue weighted by Crippen LogP contribution is 2.62. The maximum Gasteiger partial charge on any atom is 0.234 e. The van der Waals surface area contributed by atoms with Crippen LogP contribution in [0, 0.1) is 23.2 Å². The number of nitrogens with zero attached hydrogens (tertiary/aromatic N) is 1. The number of likely N-dealkylation sites (tertiary alicyclic amines) is 1. The van der Waals surface area contributed by atoms with Gasteiger partial charge in [0.2, 0.25) is 11.8 Å².